The Kier molecular flexibility index (Phi) is 6.29. The van der Waals surface area contributed by atoms with Gasteiger partial charge in [-0.3, -0.25) is 4.79 Å². The van der Waals surface area contributed by atoms with Crippen LogP contribution < -0.4 is 5.32 Å². The van der Waals surface area contributed by atoms with Crippen LogP contribution in [0.15, 0.2) is 11.4 Å². The lowest BCUT2D eigenvalue weighted by atomic mass is 10.00. The van der Waals surface area contributed by atoms with E-state index in [9.17, 15) is 9.59 Å². The van der Waals surface area contributed by atoms with Crippen molar-refractivity contribution in [3.05, 3.63) is 21.9 Å². The minimum absolute atomic E-state index is 0.0687. The van der Waals surface area contributed by atoms with Gasteiger partial charge in [0.1, 0.15) is 5.60 Å². The highest BCUT2D eigenvalue weighted by Crippen LogP contribution is 2.33. The summed E-state index contributed by atoms with van der Waals surface area (Å²) >= 11 is 1.54. The van der Waals surface area contributed by atoms with Gasteiger partial charge in [0.25, 0.3) is 0 Å². The van der Waals surface area contributed by atoms with Gasteiger partial charge in [-0.2, -0.15) is 0 Å². The van der Waals surface area contributed by atoms with Gasteiger partial charge in [-0.1, -0.05) is 0 Å². The third-order valence-electron chi connectivity index (χ3n) is 4.88. The molecule has 0 saturated carbocycles. The third kappa shape index (κ3) is 4.62. The normalized spacial score (nSPS) is 26.1. The summed E-state index contributed by atoms with van der Waals surface area (Å²) in [6.07, 6.45) is 1.94. The average molecular weight is 382 g/mol. The van der Waals surface area contributed by atoms with E-state index in [1.54, 1.807) is 6.92 Å². The van der Waals surface area contributed by atoms with Crippen LogP contribution in [0, 0.1) is 0 Å². The highest BCUT2D eigenvalue weighted by Gasteiger charge is 2.43. The number of esters is 1. The smallest absolute Gasteiger partial charge is 0.338 e. The van der Waals surface area contributed by atoms with Crippen molar-refractivity contribution in [3.8, 4) is 0 Å². The summed E-state index contributed by atoms with van der Waals surface area (Å²) in [5.74, 6) is -0.240. The molecule has 0 aromatic carbocycles. The number of rotatable bonds is 5. The van der Waals surface area contributed by atoms with E-state index in [0.29, 0.717) is 38.4 Å². The summed E-state index contributed by atoms with van der Waals surface area (Å²) < 4.78 is 16.7. The van der Waals surface area contributed by atoms with E-state index in [4.69, 9.17) is 14.2 Å². The van der Waals surface area contributed by atoms with Crippen molar-refractivity contribution in [2.24, 2.45) is 0 Å². The van der Waals surface area contributed by atoms with Crippen LogP contribution in [0.2, 0.25) is 0 Å². The number of hydrogen-bond donors (Lipinski definition) is 1. The monoisotopic (exact) mass is 382 g/mol. The SMILES string of the molecule is COC(=O)c1csc(CNC[C@H]2CC[C@]3(COCCN(C(C)=O)C3)O2)c1. The highest BCUT2D eigenvalue weighted by atomic mass is 32.1. The molecule has 2 saturated heterocycles. The van der Waals surface area contributed by atoms with Gasteiger partial charge in [0.15, 0.2) is 0 Å². The molecule has 0 unspecified atom stereocenters. The maximum Gasteiger partial charge on any atom is 0.338 e. The molecule has 2 aliphatic heterocycles. The molecule has 1 N–H and O–H groups in total. The van der Waals surface area contributed by atoms with Crippen molar-refractivity contribution in [2.45, 2.75) is 38.0 Å². The van der Waals surface area contributed by atoms with Crippen molar-refractivity contribution in [3.63, 3.8) is 0 Å². The first-order valence-corrected chi connectivity index (χ1v) is 9.77. The average Bonchev–Trinajstić information content (AvgIpc) is 3.18. The Hall–Kier alpha value is -1.48. The summed E-state index contributed by atoms with van der Waals surface area (Å²) in [6, 6.07) is 1.85. The number of hydrogen-bond acceptors (Lipinski definition) is 7. The summed E-state index contributed by atoms with van der Waals surface area (Å²) in [7, 11) is 1.38. The Bertz CT molecular complexity index is 649. The zero-order valence-corrected chi connectivity index (χ0v) is 16.1. The fraction of sp³-hybridized carbons (Fsp3) is 0.667. The van der Waals surface area contributed by atoms with Gasteiger partial charge in [-0.25, -0.2) is 4.79 Å². The molecule has 7 nitrogen and oxygen atoms in total. The summed E-state index contributed by atoms with van der Waals surface area (Å²) in [5, 5.41) is 5.21. The molecule has 0 aliphatic carbocycles. The molecule has 3 heterocycles. The number of methoxy groups -OCH3 is 1. The first-order chi connectivity index (χ1) is 12.5. The molecule has 2 atom stereocenters. The molecule has 1 amide bonds. The Labute approximate surface area is 157 Å². The maximum absolute atomic E-state index is 11.7. The first-order valence-electron chi connectivity index (χ1n) is 8.89. The van der Waals surface area contributed by atoms with Crippen LogP contribution >= 0.6 is 11.3 Å². The molecule has 1 aromatic heterocycles. The number of carbonyl (C=O) groups excluding carboxylic acids is 2. The third-order valence-corrected chi connectivity index (χ3v) is 5.82. The van der Waals surface area contributed by atoms with Crippen LogP contribution in [0.4, 0.5) is 0 Å². The quantitative estimate of drug-likeness (QED) is 0.776. The van der Waals surface area contributed by atoms with E-state index in [-0.39, 0.29) is 23.6 Å². The van der Waals surface area contributed by atoms with E-state index in [2.05, 4.69) is 5.32 Å². The Balaban J connectivity index is 1.47. The van der Waals surface area contributed by atoms with Gasteiger partial charge in [-0.05, 0) is 18.9 Å². The second kappa shape index (κ2) is 8.47. The van der Waals surface area contributed by atoms with Gasteiger partial charge >= 0.3 is 5.97 Å². The van der Waals surface area contributed by atoms with Gasteiger partial charge in [0.05, 0.1) is 38.5 Å². The van der Waals surface area contributed by atoms with Crippen LogP contribution in [-0.2, 0) is 25.5 Å². The van der Waals surface area contributed by atoms with Crippen LogP contribution in [-0.4, -0.2) is 68.4 Å². The molecule has 3 rings (SSSR count). The van der Waals surface area contributed by atoms with E-state index < -0.39 is 0 Å². The molecule has 0 bridgehead atoms. The lowest BCUT2D eigenvalue weighted by molar-refractivity contribution is -0.133. The zero-order valence-electron chi connectivity index (χ0n) is 15.3. The molecule has 2 fully saturated rings. The second-order valence-electron chi connectivity index (χ2n) is 6.88. The molecule has 1 spiro atoms. The molecule has 26 heavy (non-hydrogen) atoms. The van der Waals surface area contributed by atoms with Gasteiger partial charge in [-0.15, -0.1) is 11.3 Å². The summed E-state index contributed by atoms with van der Waals surface area (Å²) in [6.45, 7) is 5.35. The van der Waals surface area contributed by atoms with Crippen LogP contribution in [0.25, 0.3) is 0 Å². The van der Waals surface area contributed by atoms with E-state index in [1.807, 2.05) is 16.3 Å². The van der Waals surface area contributed by atoms with E-state index in [1.165, 1.54) is 18.4 Å². The van der Waals surface area contributed by atoms with Gasteiger partial charge in [0.2, 0.25) is 5.91 Å². The van der Waals surface area contributed by atoms with Crippen LogP contribution in [0.1, 0.15) is 35.0 Å². The lowest BCUT2D eigenvalue weighted by Crippen LogP contribution is -2.46. The predicted molar refractivity (Wildman–Crippen MR) is 97.3 cm³/mol. The van der Waals surface area contributed by atoms with Crippen molar-refractivity contribution >= 4 is 23.2 Å². The predicted octanol–water partition coefficient (Wildman–Crippen LogP) is 1.42. The Morgan fingerprint density at radius 3 is 3.12 bits per heavy atom. The molecule has 2 aliphatic rings. The van der Waals surface area contributed by atoms with Gasteiger partial charge in [0, 0.05) is 36.8 Å². The standard InChI is InChI=1S/C18H26N2O5S/c1-13(21)20-5-6-24-12-18(11-20)4-3-15(25-18)8-19-9-16-7-14(10-26-16)17(22)23-2/h7,10,15,19H,3-6,8-9,11-12H2,1-2H3/t15-,18+/m1/s1. The molecular formula is C18H26N2O5S. The lowest BCUT2D eigenvalue weighted by Gasteiger charge is -2.31. The largest absolute Gasteiger partial charge is 0.465 e. The fourth-order valence-electron chi connectivity index (χ4n) is 3.49. The maximum atomic E-state index is 11.7. The number of thiophene rings is 1. The van der Waals surface area contributed by atoms with Crippen molar-refractivity contribution in [1.29, 1.82) is 0 Å². The van der Waals surface area contributed by atoms with Crippen molar-refractivity contribution in [1.82, 2.24) is 10.2 Å². The minimum Gasteiger partial charge on any atom is -0.465 e. The number of amides is 1. The number of carbonyl (C=O) groups is 2. The second-order valence-corrected chi connectivity index (χ2v) is 7.87. The van der Waals surface area contributed by atoms with Gasteiger partial charge < -0.3 is 24.4 Å². The van der Waals surface area contributed by atoms with Crippen molar-refractivity contribution in [2.75, 3.05) is 40.0 Å². The Morgan fingerprint density at radius 1 is 1.50 bits per heavy atom. The summed E-state index contributed by atoms with van der Waals surface area (Å²) in [4.78, 5) is 26.1. The van der Waals surface area contributed by atoms with E-state index >= 15 is 0 Å². The molecule has 8 heteroatoms. The van der Waals surface area contributed by atoms with Crippen molar-refractivity contribution < 1.29 is 23.8 Å². The summed E-state index contributed by atoms with van der Waals surface area (Å²) in [5.41, 5.74) is 0.209. The van der Waals surface area contributed by atoms with Crippen LogP contribution in [0.3, 0.4) is 0 Å². The fourth-order valence-corrected chi connectivity index (χ4v) is 4.31. The minimum atomic E-state index is -0.379. The number of nitrogens with zero attached hydrogens (tertiary/aromatic N) is 1. The Morgan fingerprint density at radius 2 is 2.35 bits per heavy atom. The number of nitrogens with one attached hydrogen (secondary N) is 1. The number of ether oxygens (including phenoxy) is 3. The first kappa shape index (κ1) is 19.3. The van der Waals surface area contributed by atoms with E-state index in [0.717, 1.165) is 24.3 Å². The topological polar surface area (TPSA) is 77.1 Å². The molecule has 0 radical (unpaired) electrons. The molecule has 144 valence electrons. The van der Waals surface area contributed by atoms with Crippen LogP contribution in [0.5, 0.6) is 0 Å². The zero-order chi connectivity index (χ0) is 18.6. The molecular weight excluding hydrogens is 356 g/mol. The molecule has 1 aromatic rings. The highest BCUT2D eigenvalue weighted by molar-refractivity contribution is 7.10.